The normalized spacial score (nSPS) is 20.1. The van der Waals surface area contributed by atoms with E-state index in [4.69, 9.17) is 10.5 Å². The molecule has 0 bridgehead atoms. The first-order valence-electron chi connectivity index (χ1n) is 6.97. The van der Waals surface area contributed by atoms with Gasteiger partial charge in [-0.25, -0.2) is 0 Å². The lowest BCUT2D eigenvalue weighted by Crippen LogP contribution is -2.37. The van der Waals surface area contributed by atoms with Gasteiger partial charge in [0, 0.05) is 27.7 Å². The molecule has 7 heteroatoms. The molecule has 0 spiro atoms. The van der Waals surface area contributed by atoms with Crippen LogP contribution < -0.4 is 10.6 Å². The SMILES string of the molecule is COC[C@H]1CCCN(Cc2nc(N)nc(N(C)C)n2)C1. The highest BCUT2D eigenvalue weighted by atomic mass is 16.5. The standard InChI is InChI=1S/C13H24N6O/c1-18(2)13-16-11(15-12(14)17-13)8-19-6-4-5-10(7-19)9-20-3/h10H,4-9H2,1-3H3,(H2,14,15,16,17)/t10-/m0/s1. The summed E-state index contributed by atoms with van der Waals surface area (Å²) in [6.07, 6.45) is 2.42. The topological polar surface area (TPSA) is 80.4 Å². The van der Waals surface area contributed by atoms with E-state index in [-0.39, 0.29) is 5.95 Å². The maximum Gasteiger partial charge on any atom is 0.229 e. The molecule has 20 heavy (non-hydrogen) atoms. The van der Waals surface area contributed by atoms with Crippen LogP contribution in [-0.4, -0.2) is 60.8 Å². The number of rotatable bonds is 5. The zero-order valence-electron chi connectivity index (χ0n) is 12.5. The summed E-state index contributed by atoms with van der Waals surface area (Å²) in [6.45, 7) is 3.63. The van der Waals surface area contributed by atoms with Crippen LogP contribution in [0.2, 0.25) is 0 Å². The van der Waals surface area contributed by atoms with Crippen molar-refractivity contribution in [2.24, 2.45) is 5.92 Å². The number of aromatic nitrogens is 3. The number of nitrogens with zero attached hydrogens (tertiary/aromatic N) is 5. The van der Waals surface area contributed by atoms with Crippen molar-refractivity contribution in [3.05, 3.63) is 5.82 Å². The number of hydrogen-bond acceptors (Lipinski definition) is 7. The van der Waals surface area contributed by atoms with E-state index in [9.17, 15) is 0 Å². The largest absolute Gasteiger partial charge is 0.384 e. The average molecular weight is 280 g/mol. The highest BCUT2D eigenvalue weighted by molar-refractivity contribution is 5.32. The number of ether oxygens (including phenoxy) is 1. The fourth-order valence-electron chi connectivity index (χ4n) is 2.56. The summed E-state index contributed by atoms with van der Waals surface area (Å²) in [4.78, 5) is 17.0. The van der Waals surface area contributed by atoms with Crippen LogP contribution in [0.4, 0.5) is 11.9 Å². The summed E-state index contributed by atoms with van der Waals surface area (Å²) in [5, 5.41) is 0. The fraction of sp³-hybridized carbons (Fsp3) is 0.769. The smallest absolute Gasteiger partial charge is 0.229 e. The van der Waals surface area contributed by atoms with Crippen LogP contribution in [0.3, 0.4) is 0 Å². The Bertz CT molecular complexity index is 437. The van der Waals surface area contributed by atoms with E-state index in [0.717, 1.165) is 25.5 Å². The van der Waals surface area contributed by atoms with Gasteiger partial charge in [-0.3, -0.25) is 4.90 Å². The molecule has 1 aliphatic heterocycles. The molecule has 1 aromatic heterocycles. The predicted octanol–water partition coefficient (Wildman–Crippen LogP) is 0.378. The van der Waals surface area contributed by atoms with Gasteiger partial charge < -0.3 is 15.4 Å². The predicted molar refractivity (Wildman–Crippen MR) is 78.4 cm³/mol. The Kier molecular flexibility index (Phi) is 5.08. The molecule has 112 valence electrons. The molecule has 7 nitrogen and oxygen atoms in total. The molecule has 2 rings (SSSR count). The van der Waals surface area contributed by atoms with Gasteiger partial charge in [-0.1, -0.05) is 0 Å². The average Bonchev–Trinajstić information content (AvgIpc) is 2.38. The second kappa shape index (κ2) is 6.81. The van der Waals surface area contributed by atoms with Crippen molar-refractivity contribution in [1.82, 2.24) is 19.9 Å². The van der Waals surface area contributed by atoms with Crippen LogP contribution in [0.1, 0.15) is 18.7 Å². The molecule has 0 radical (unpaired) electrons. The van der Waals surface area contributed by atoms with Crippen LogP contribution >= 0.6 is 0 Å². The van der Waals surface area contributed by atoms with Crippen LogP contribution in [0, 0.1) is 5.92 Å². The second-order valence-electron chi connectivity index (χ2n) is 5.50. The number of hydrogen-bond donors (Lipinski definition) is 1. The van der Waals surface area contributed by atoms with Gasteiger partial charge in [0.05, 0.1) is 13.2 Å². The van der Waals surface area contributed by atoms with Crippen LogP contribution in [0.15, 0.2) is 0 Å². The summed E-state index contributed by atoms with van der Waals surface area (Å²) in [5.74, 6) is 2.22. The summed E-state index contributed by atoms with van der Waals surface area (Å²) in [7, 11) is 5.55. The number of nitrogen functional groups attached to an aromatic ring is 1. The van der Waals surface area contributed by atoms with Gasteiger partial charge in [-0.2, -0.15) is 15.0 Å². The molecule has 2 N–H and O–H groups in total. The molecule has 1 aliphatic rings. The van der Waals surface area contributed by atoms with Crippen molar-refractivity contribution >= 4 is 11.9 Å². The first-order valence-corrected chi connectivity index (χ1v) is 6.97. The third-order valence-corrected chi connectivity index (χ3v) is 3.46. The number of nitrogens with two attached hydrogens (primary N) is 1. The summed E-state index contributed by atoms with van der Waals surface area (Å²) in [6, 6.07) is 0. The van der Waals surface area contributed by atoms with Gasteiger partial charge >= 0.3 is 0 Å². The molecule has 1 saturated heterocycles. The molecule has 0 saturated carbocycles. The highest BCUT2D eigenvalue weighted by Crippen LogP contribution is 2.18. The lowest BCUT2D eigenvalue weighted by Gasteiger charge is -2.31. The lowest BCUT2D eigenvalue weighted by atomic mass is 9.99. The second-order valence-corrected chi connectivity index (χ2v) is 5.50. The van der Waals surface area contributed by atoms with Crippen LogP contribution in [-0.2, 0) is 11.3 Å². The van der Waals surface area contributed by atoms with Gasteiger partial charge in [0.1, 0.15) is 5.82 Å². The number of anilines is 2. The van der Waals surface area contributed by atoms with Gasteiger partial charge in [0.2, 0.25) is 11.9 Å². The molecule has 1 fully saturated rings. The minimum atomic E-state index is 0.282. The maximum atomic E-state index is 5.75. The first kappa shape index (κ1) is 14.9. The van der Waals surface area contributed by atoms with E-state index >= 15 is 0 Å². The lowest BCUT2D eigenvalue weighted by molar-refractivity contribution is 0.0861. The minimum absolute atomic E-state index is 0.282. The van der Waals surface area contributed by atoms with Crippen LogP contribution in [0.25, 0.3) is 0 Å². The van der Waals surface area contributed by atoms with Crippen molar-refractivity contribution in [1.29, 1.82) is 0 Å². The van der Waals surface area contributed by atoms with Crippen molar-refractivity contribution in [3.8, 4) is 0 Å². The monoisotopic (exact) mass is 280 g/mol. The molecular formula is C13H24N6O. The summed E-state index contributed by atoms with van der Waals surface area (Å²) in [5.41, 5.74) is 5.75. The molecular weight excluding hydrogens is 256 g/mol. The Hall–Kier alpha value is -1.47. The zero-order chi connectivity index (χ0) is 14.5. The fourth-order valence-corrected chi connectivity index (χ4v) is 2.56. The van der Waals surface area contributed by atoms with Crippen molar-refractivity contribution in [3.63, 3.8) is 0 Å². The zero-order valence-corrected chi connectivity index (χ0v) is 12.5. The van der Waals surface area contributed by atoms with Crippen LogP contribution in [0.5, 0.6) is 0 Å². The number of likely N-dealkylation sites (tertiary alicyclic amines) is 1. The molecule has 0 unspecified atom stereocenters. The first-order chi connectivity index (χ1) is 9.58. The Morgan fingerprint density at radius 2 is 2.15 bits per heavy atom. The Labute approximate surface area is 120 Å². The van der Waals surface area contributed by atoms with Crippen molar-refractivity contribution < 1.29 is 4.74 Å². The van der Waals surface area contributed by atoms with E-state index in [1.165, 1.54) is 12.8 Å². The molecule has 0 aromatic carbocycles. The minimum Gasteiger partial charge on any atom is -0.384 e. The van der Waals surface area contributed by atoms with Gasteiger partial charge in [-0.15, -0.1) is 0 Å². The van der Waals surface area contributed by atoms with Gasteiger partial charge in [0.25, 0.3) is 0 Å². The van der Waals surface area contributed by atoms with Crippen molar-refractivity contribution in [2.75, 3.05) is 51.5 Å². The molecule has 1 atom stereocenters. The number of piperidine rings is 1. The Balaban J connectivity index is 2.02. The van der Waals surface area contributed by atoms with E-state index in [1.54, 1.807) is 7.11 Å². The van der Waals surface area contributed by atoms with Gasteiger partial charge in [0.15, 0.2) is 0 Å². The summed E-state index contributed by atoms with van der Waals surface area (Å²) < 4.78 is 5.25. The van der Waals surface area contributed by atoms with Gasteiger partial charge in [-0.05, 0) is 25.3 Å². The molecule has 0 aliphatic carbocycles. The Morgan fingerprint density at radius 1 is 1.35 bits per heavy atom. The molecule has 2 heterocycles. The molecule has 0 amide bonds. The highest BCUT2D eigenvalue weighted by Gasteiger charge is 2.21. The van der Waals surface area contributed by atoms with E-state index in [2.05, 4.69) is 19.9 Å². The Morgan fingerprint density at radius 3 is 2.85 bits per heavy atom. The third-order valence-electron chi connectivity index (χ3n) is 3.46. The molecule has 1 aromatic rings. The van der Waals surface area contributed by atoms with E-state index in [1.807, 2.05) is 19.0 Å². The summed E-state index contributed by atoms with van der Waals surface area (Å²) >= 11 is 0. The van der Waals surface area contributed by atoms with Crippen molar-refractivity contribution in [2.45, 2.75) is 19.4 Å². The quantitative estimate of drug-likeness (QED) is 0.835. The third kappa shape index (κ3) is 4.01. The number of methoxy groups -OCH3 is 1. The maximum absolute atomic E-state index is 5.75. The van der Waals surface area contributed by atoms with E-state index < -0.39 is 0 Å². The van der Waals surface area contributed by atoms with E-state index in [0.29, 0.717) is 18.4 Å².